The van der Waals surface area contributed by atoms with Gasteiger partial charge in [0.05, 0.1) is 16.7 Å². The summed E-state index contributed by atoms with van der Waals surface area (Å²) in [5, 5.41) is 12.3. The molecule has 9 aromatic rings. The fraction of sp³-hybridized carbons (Fsp3) is 0. The summed E-state index contributed by atoms with van der Waals surface area (Å²) in [5.74, 6) is 0. The van der Waals surface area contributed by atoms with E-state index in [2.05, 4.69) is 133 Å². The zero-order chi connectivity index (χ0) is 27.6. The van der Waals surface area contributed by atoms with Crippen molar-refractivity contribution in [2.24, 2.45) is 0 Å². The average Bonchev–Trinajstić information content (AvgIpc) is 3.08. The predicted octanol–water partition coefficient (Wildman–Crippen LogP) is 10.7. The van der Waals surface area contributed by atoms with E-state index in [1.54, 1.807) is 0 Å². The van der Waals surface area contributed by atoms with Crippen molar-refractivity contribution in [3.8, 4) is 22.4 Å². The lowest BCUT2D eigenvalue weighted by molar-refractivity contribution is 1.40. The number of hydrogen-bond donors (Lipinski definition) is 0. The van der Waals surface area contributed by atoms with Gasteiger partial charge in [-0.15, -0.1) is 0 Å². The van der Waals surface area contributed by atoms with Gasteiger partial charge in [-0.05, 0) is 73.8 Å². The molecule has 194 valence electrons. The van der Waals surface area contributed by atoms with E-state index in [-0.39, 0.29) is 0 Å². The Bertz CT molecular complexity index is 2280. The van der Waals surface area contributed by atoms with Gasteiger partial charge in [-0.1, -0.05) is 109 Å². The van der Waals surface area contributed by atoms with Crippen molar-refractivity contribution in [2.75, 3.05) is 0 Å². The second kappa shape index (κ2) is 8.95. The summed E-state index contributed by atoms with van der Waals surface area (Å²) in [6.45, 7) is 0. The van der Waals surface area contributed by atoms with E-state index in [1.165, 1.54) is 43.4 Å². The van der Waals surface area contributed by atoms with E-state index in [1.807, 2.05) is 12.3 Å². The van der Waals surface area contributed by atoms with E-state index in [4.69, 9.17) is 9.97 Å². The SMILES string of the molecule is c1cc(-c2ccc3c4ccccc4c4ccccc4c3c2)cc(-c2ccc3c4cccnc4c4ccccc4c3n2)c1. The number of pyridine rings is 2. The number of nitrogens with zero attached hydrogens (tertiary/aromatic N) is 2. The van der Waals surface area contributed by atoms with Crippen LogP contribution < -0.4 is 0 Å². The molecule has 0 radical (unpaired) electrons. The number of hydrogen-bond acceptors (Lipinski definition) is 2. The summed E-state index contributed by atoms with van der Waals surface area (Å²) >= 11 is 0. The first kappa shape index (κ1) is 23.1. The molecule has 0 spiro atoms. The maximum absolute atomic E-state index is 5.26. The van der Waals surface area contributed by atoms with Gasteiger partial charge >= 0.3 is 0 Å². The van der Waals surface area contributed by atoms with Crippen LogP contribution in [-0.4, -0.2) is 9.97 Å². The topological polar surface area (TPSA) is 25.8 Å². The molecule has 0 fully saturated rings. The molecular formula is C40H24N2. The second-order valence-electron chi connectivity index (χ2n) is 11.0. The molecular weight excluding hydrogens is 508 g/mol. The first-order valence-corrected chi connectivity index (χ1v) is 14.3. The van der Waals surface area contributed by atoms with Crippen LogP contribution in [0.25, 0.3) is 87.3 Å². The third-order valence-electron chi connectivity index (χ3n) is 8.67. The van der Waals surface area contributed by atoms with Crippen LogP contribution in [0.5, 0.6) is 0 Å². The van der Waals surface area contributed by atoms with Gasteiger partial charge in [0, 0.05) is 33.3 Å². The second-order valence-corrected chi connectivity index (χ2v) is 11.0. The van der Waals surface area contributed by atoms with Crippen LogP contribution in [0.4, 0.5) is 0 Å². The molecule has 0 saturated heterocycles. The third-order valence-corrected chi connectivity index (χ3v) is 8.67. The summed E-state index contributed by atoms with van der Waals surface area (Å²) in [6, 6.07) is 50.1. The van der Waals surface area contributed by atoms with E-state index in [9.17, 15) is 0 Å². The first-order chi connectivity index (χ1) is 20.8. The van der Waals surface area contributed by atoms with Crippen LogP contribution in [0, 0.1) is 0 Å². The minimum atomic E-state index is 0.968. The lowest BCUT2D eigenvalue weighted by Gasteiger charge is -2.13. The minimum Gasteiger partial charge on any atom is -0.256 e. The van der Waals surface area contributed by atoms with Crippen LogP contribution in [0.1, 0.15) is 0 Å². The summed E-state index contributed by atoms with van der Waals surface area (Å²) in [7, 11) is 0. The van der Waals surface area contributed by atoms with Gasteiger partial charge in [0.2, 0.25) is 0 Å². The third kappa shape index (κ3) is 3.39. The van der Waals surface area contributed by atoms with Gasteiger partial charge in [-0.3, -0.25) is 4.98 Å². The molecule has 0 N–H and O–H groups in total. The Balaban J connectivity index is 1.23. The van der Waals surface area contributed by atoms with Crippen LogP contribution in [-0.2, 0) is 0 Å². The molecule has 0 saturated carbocycles. The van der Waals surface area contributed by atoms with Crippen molar-refractivity contribution >= 4 is 64.9 Å². The Labute approximate surface area is 242 Å². The summed E-state index contributed by atoms with van der Waals surface area (Å²) < 4.78 is 0. The van der Waals surface area contributed by atoms with Crippen LogP contribution >= 0.6 is 0 Å². The summed E-state index contributed by atoms with van der Waals surface area (Å²) in [4.78, 5) is 9.97. The molecule has 0 aliphatic carbocycles. The van der Waals surface area contributed by atoms with Crippen molar-refractivity contribution in [1.29, 1.82) is 0 Å². The van der Waals surface area contributed by atoms with E-state index >= 15 is 0 Å². The Kier molecular flexibility index (Phi) is 4.93. The molecule has 42 heavy (non-hydrogen) atoms. The maximum Gasteiger partial charge on any atom is 0.0795 e. The standard InChI is InChI=1S/C40H24N2/c1-2-13-30-28(11-1)29-12-3-4-14-31(29)37-24-26(18-19-32(30)37)25-9-7-10-27(23-25)38-21-20-36-34-17-8-22-41-39(34)33-15-5-6-16-35(33)40(36)42-38/h1-24H. The molecule has 0 bridgehead atoms. The quantitative estimate of drug-likeness (QED) is 0.207. The minimum absolute atomic E-state index is 0.968. The molecule has 2 nitrogen and oxygen atoms in total. The Morgan fingerprint density at radius 2 is 0.810 bits per heavy atom. The Hall–Kier alpha value is -5.60. The van der Waals surface area contributed by atoms with Crippen molar-refractivity contribution in [3.63, 3.8) is 0 Å². The van der Waals surface area contributed by atoms with Crippen LogP contribution in [0.15, 0.2) is 146 Å². The highest BCUT2D eigenvalue weighted by Crippen LogP contribution is 2.38. The molecule has 2 heteroatoms. The smallest absolute Gasteiger partial charge is 0.0795 e. The highest BCUT2D eigenvalue weighted by Gasteiger charge is 2.13. The van der Waals surface area contributed by atoms with E-state index in [0.29, 0.717) is 0 Å². The highest BCUT2D eigenvalue weighted by molar-refractivity contribution is 6.26. The van der Waals surface area contributed by atoms with Crippen molar-refractivity contribution in [2.45, 2.75) is 0 Å². The molecule has 2 heterocycles. The molecule has 9 rings (SSSR count). The summed E-state index contributed by atoms with van der Waals surface area (Å²) in [5.41, 5.74) is 6.49. The average molecular weight is 533 g/mol. The molecule has 2 aromatic heterocycles. The van der Waals surface area contributed by atoms with Crippen molar-refractivity contribution in [3.05, 3.63) is 146 Å². The Morgan fingerprint density at radius 3 is 1.52 bits per heavy atom. The fourth-order valence-corrected chi connectivity index (χ4v) is 6.72. The van der Waals surface area contributed by atoms with Crippen LogP contribution in [0.3, 0.4) is 0 Å². The summed E-state index contributed by atoms with van der Waals surface area (Å²) in [6.07, 6.45) is 1.87. The lowest BCUT2D eigenvalue weighted by atomic mass is 9.91. The lowest BCUT2D eigenvalue weighted by Crippen LogP contribution is -1.91. The molecule has 0 aliphatic heterocycles. The van der Waals surface area contributed by atoms with Gasteiger partial charge in [0.25, 0.3) is 0 Å². The first-order valence-electron chi connectivity index (χ1n) is 14.3. The number of rotatable bonds is 2. The maximum atomic E-state index is 5.26. The zero-order valence-electron chi connectivity index (χ0n) is 22.8. The Morgan fingerprint density at radius 1 is 0.310 bits per heavy atom. The molecule has 7 aromatic carbocycles. The largest absolute Gasteiger partial charge is 0.256 e. The van der Waals surface area contributed by atoms with Crippen molar-refractivity contribution < 1.29 is 0 Å². The van der Waals surface area contributed by atoms with Gasteiger partial charge in [0.15, 0.2) is 0 Å². The number of aromatic nitrogens is 2. The number of benzene rings is 7. The highest BCUT2D eigenvalue weighted by atomic mass is 14.7. The van der Waals surface area contributed by atoms with Gasteiger partial charge in [-0.25, -0.2) is 4.98 Å². The van der Waals surface area contributed by atoms with Gasteiger partial charge < -0.3 is 0 Å². The molecule has 0 atom stereocenters. The normalized spacial score (nSPS) is 11.8. The molecule has 0 amide bonds. The van der Waals surface area contributed by atoms with Gasteiger partial charge in [-0.2, -0.15) is 0 Å². The molecule has 0 unspecified atom stereocenters. The monoisotopic (exact) mass is 532 g/mol. The fourth-order valence-electron chi connectivity index (χ4n) is 6.72. The van der Waals surface area contributed by atoms with E-state index < -0.39 is 0 Å². The van der Waals surface area contributed by atoms with Crippen molar-refractivity contribution in [1.82, 2.24) is 9.97 Å². The van der Waals surface area contributed by atoms with Gasteiger partial charge in [0.1, 0.15) is 0 Å². The van der Waals surface area contributed by atoms with Crippen LogP contribution in [0.2, 0.25) is 0 Å². The predicted molar refractivity (Wildman–Crippen MR) is 178 cm³/mol. The zero-order valence-corrected chi connectivity index (χ0v) is 22.8. The molecule has 0 aliphatic rings. The number of fused-ring (bicyclic) bond motifs is 12. The van der Waals surface area contributed by atoms with E-state index in [0.717, 1.165) is 43.8 Å².